The Morgan fingerprint density at radius 2 is 1.74 bits per heavy atom. The third-order valence-corrected chi connectivity index (χ3v) is 4.58. The molecule has 1 saturated heterocycles. The molecule has 0 aliphatic carbocycles. The molecule has 114 valence electrons. The van der Waals surface area contributed by atoms with Crippen molar-refractivity contribution >= 4 is 0 Å². The molecule has 1 N–H and O–H groups in total. The number of hydrogen-bond donors (Lipinski definition) is 1. The lowest BCUT2D eigenvalue weighted by atomic mass is 9.95. The quantitative estimate of drug-likeness (QED) is 0.730. The van der Waals surface area contributed by atoms with Crippen molar-refractivity contribution in [1.82, 2.24) is 15.1 Å². The van der Waals surface area contributed by atoms with Crippen LogP contribution in [0.1, 0.15) is 46.5 Å². The van der Waals surface area contributed by atoms with Crippen molar-refractivity contribution in [3.05, 3.63) is 0 Å². The van der Waals surface area contributed by atoms with Crippen LogP contribution in [0.15, 0.2) is 0 Å². The molecule has 1 unspecified atom stereocenters. The highest BCUT2D eigenvalue weighted by atomic mass is 15.2. The fourth-order valence-electron chi connectivity index (χ4n) is 3.14. The highest BCUT2D eigenvalue weighted by Crippen LogP contribution is 2.19. The number of nitrogens with one attached hydrogen (secondary N) is 1. The van der Waals surface area contributed by atoms with E-state index in [4.69, 9.17) is 0 Å². The molecular formula is C16H35N3. The number of rotatable bonds is 8. The molecule has 0 radical (unpaired) electrons. The molecule has 1 aliphatic rings. The normalized spacial score (nSPS) is 20.4. The van der Waals surface area contributed by atoms with Gasteiger partial charge in [0.05, 0.1) is 0 Å². The molecule has 1 aliphatic heterocycles. The van der Waals surface area contributed by atoms with Gasteiger partial charge in [0.15, 0.2) is 0 Å². The lowest BCUT2D eigenvalue weighted by Crippen LogP contribution is -2.47. The summed E-state index contributed by atoms with van der Waals surface area (Å²) < 4.78 is 0. The zero-order valence-corrected chi connectivity index (χ0v) is 13.8. The van der Waals surface area contributed by atoms with Crippen molar-refractivity contribution < 1.29 is 0 Å². The molecule has 1 rings (SSSR count). The van der Waals surface area contributed by atoms with Gasteiger partial charge in [-0.05, 0) is 65.7 Å². The maximum Gasteiger partial charge on any atom is 0.0192 e. The van der Waals surface area contributed by atoms with Gasteiger partial charge in [-0.15, -0.1) is 0 Å². The van der Waals surface area contributed by atoms with Gasteiger partial charge in [0, 0.05) is 25.2 Å². The van der Waals surface area contributed by atoms with Gasteiger partial charge in [0.1, 0.15) is 0 Å². The summed E-state index contributed by atoms with van der Waals surface area (Å²) in [6, 6.07) is 1.38. The average Bonchev–Trinajstić information content (AvgIpc) is 2.39. The standard InChI is InChI=1S/C16H35N3/c1-6-16(7-2)17-12-14(3)19-10-8-15(9-11-19)13-18(4)5/h14-17H,6-13H2,1-5H3. The Morgan fingerprint density at radius 3 is 2.21 bits per heavy atom. The lowest BCUT2D eigenvalue weighted by molar-refractivity contribution is 0.124. The van der Waals surface area contributed by atoms with Crippen molar-refractivity contribution in [2.75, 3.05) is 40.3 Å². The minimum atomic E-state index is 0.681. The molecule has 0 aromatic carbocycles. The Labute approximate surface area is 120 Å². The topological polar surface area (TPSA) is 18.5 Å². The molecule has 3 nitrogen and oxygen atoms in total. The van der Waals surface area contributed by atoms with Gasteiger partial charge in [0.2, 0.25) is 0 Å². The van der Waals surface area contributed by atoms with Crippen LogP contribution >= 0.6 is 0 Å². The van der Waals surface area contributed by atoms with E-state index in [1.165, 1.54) is 45.3 Å². The van der Waals surface area contributed by atoms with Gasteiger partial charge >= 0.3 is 0 Å². The zero-order chi connectivity index (χ0) is 14.3. The van der Waals surface area contributed by atoms with E-state index in [0.29, 0.717) is 12.1 Å². The van der Waals surface area contributed by atoms with E-state index < -0.39 is 0 Å². The summed E-state index contributed by atoms with van der Waals surface area (Å²) in [6.45, 7) is 11.9. The predicted molar refractivity (Wildman–Crippen MR) is 84.7 cm³/mol. The van der Waals surface area contributed by atoms with Crippen LogP contribution < -0.4 is 5.32 Å². The monoisotopic (exact) mass is 269 g/mol. The van der Waals surface area contributed by atoms with Gasteiger partial charge in [0.25, 0.3) is 0 Å². The highest BCUT2D eigenvalue weighted by molar-refractivity contribution is 4.79. The Morgan fingerprint density at radius 1 is 1.16 bits per heavy atom. The predicted octanol–water partition coefficient (Wildman–Crippen LogP) is 2.43. The Kier molecular flexibility index (Phi) is 7.96. The smallest absolute Gasteiger partial charge is 0.0192 e. The fourth-order valence-corrected chi connectivity index (χ4v) is 3.14. The van der Waals surface area contributed by atoms with Crippen molar-refractivity contribution in [3.8, 4) is 0 Å². The first-order valence-corrected chi connectivity index (χ1v) is 8.18. The summed E-state index contributed by atoms with van der Waals surface area (Å²) in [5.74, 6) is 0.908. The molecular weight excluding hydrogens is 234 g/mol. The first-order chi connectivity index (χ1) is 9.06. The molecule has 0 bridgehead atoms. The average molecular weight is 269 g/mol. The maximum atomic E-state index is 3.71. The van der Waals surface area contributed by atoms with Crippen LogP contribution in [-0.2, 0) is 0 Å². The van der Waals surface area contributed by atoms with Crippen LogP contribution in [0.25, 0.3) is 0 Å². The minimum Gasteiger partial charge on any atom is -0.312 e. The second kappa shape index (κ2) is 8.93. The molecule has 0 aromatic rings. The lowest BCUT2D eigenvalue weighted by Gasteiger charge is -2.37. The van der Waals surface area contributed by atoms with Crippen molar-refractivity contribution in [1.29, 1.82) is 0 Å². The molecule has 0 saturated carbocycles. The Hall–Kier alpha value is -0.120. The molecule has 0 aromatic heterocycles. The molecule has 1 fully saturated rings. The number of likely N-dealkylation sites (tertiary alicyclic amines) is 1. The van der Waals surface area contributed by atoms with E-state index >= 15 is 0 Å². The summed E-state index contributed by atoms with van der Waals surface area (Å²) in [4.78, 5) is 5.00. The van der Waals surface area contributed by atoms with E-state index in [2.05, 4.69) is 50.0 Å². The SMILES string of the molecule is CCC(CC)NCC(C)N1CCC(CN(C)C)CC1. The molecule has 19 heavy (non-hydrogen) atoms. The van der Waals surface area contributed by atoms with E-state index in [-0.39, 0.29) is 0 Å². The van der Waals surface area contributed by atoms with Gasteiger partial charge in [-0.1, -0.05) is 13.8 Å². The third-order valence-electron chi connectivity index (χ3n) is 4.58. The van der Waals surface area contributed by atoms with Crippen LogP contribution in [-0.4, -0.2) is 62.2 Å². The Bertz CT molecular complexity index is 218. The molecule has 0 spiro atoms. The molecule has 3 heteroatoms. The number of piperidine rings is 1. The highest BCUT2D eigenvalue weighted by Gasteiger charge is 2.23. The summed E-state index contributed by atoms with van der Waals surface area (Å²) in [5, 5.41) is 3.71. The number of hydrogen-bond acceptors (Lipinski definition) is 3. The van der Waals surface area contributed by atoms with Gasteiger partial charge < -0.3 is 10.2 Å². The van der Waals surface area contributed by atoms with Crippen LogP contribution in [0.5, 0.6) is 0 Å². The van der Waals surface area contributed by atoms with Crippen LogP contribution in [0.4, 0.5) is 0 Å². The first-order valence-electron chi connectivity index (χ1n) is 8.18. The minimum absolute atomic E-state index is 0.681. The van der Waals surface area contributed by atoms with Crippen molar-refractivity contribution in [2.45, 2.75) is 58.5 Å². The third kappa shape index (κ3) is 6.24. The second-order valence-electron chi connectivity index (χ2n) is 6.51. The zero-order valence-electron chi connectivity index (χ0n) is 13.8. The van der Waals surface area contributed by atoms with Gasteiger partial charge in [-0.25, -0.2) is 0 Å². The van der Waals surface area contributed by atoms with Gasteiger partial charge in [-0.3, -0.25) is 4.90 Å². The van der Waals surface area contributed by atoms with E-state index in [1.54, 1.807) is 0 Å². The van der Waals surface area contributed by atoms with E-state index in [0.717, 1.165) is 12.5 Å². The van der Waals surface area contributed by atoms with Crippen LogP contribution in [0, 0.1) is 5.92 Å². The summed E-state index contributed by atoms with van der Waals surface area (Å²) in [7, 11) is 4.38. The van der Waals surface area contributed by atoms with E-state index in [9.17, 15) is 0 Å². The van der Waals surface area contributed by atoms with Gasteiger partial charge in [-0.2, -0.15) is 0 Å². The molecule has 0 amide bonds. The maximum absolute atomic E-state index is 3.71. The van der Waals surface area contributed by atoms with Crippen molar-refractivity contribution in [3.63, 3.8) is 0 Å². The second-order valence-corrected chi connectivity index (χ2v) is 6.51. The van der Waals surface area contributed by atoms with Crippen molar-refractivity contribution in [2.24, 2.45) is 5.92 Å². The fraction of sp³-hybridized carbons (Fsp3) is 1.00. The Balaban J connectivity index is 2.22. The van der Waals surface area contributed by atoms with Crippen LogP contribution in [0.2, 0.25) is 0 Å². The molecule has 1 atom stereocenters. The number of nitrogens with zero attached hydrogens (tertiary/aromatic N) is 2. The van der Waals surface area contributed by atoms with E-state index in [1.807, 2.05) is 0 Å². The summed E-state index contributed by atoms with van der Waals surface area (Å²) in [5.41, 5.74) is 0. The largest absolute Gasteiger partial charge is 0.312 e. The first kappa shape index (κ1) is 16.9. The molecule has 1 heterocycles. The summed E-state index contributed by atoms with van der Waals surface area (Å²) >= 11 is 0. The van der Waals surface area contributed by atoms with Crippen LogP contribution in [0.3, 0.4) is 0 Å². The summed E-state index contributed by atoms with van der Waals surface area (Å²) in [6.07, 6.45) is 5.23.